The number of fused-ring (bicyclic) bond motifs is 2. The fourth-order valence-electron chi connectivity index (χ4n) is 3.58. The first-order valence-electron chi connectivity index (χ1n) is 7.29. The first-order valence-corrected chi connectivity index (χ1v) is 9.18. The molecule has 0 saturated heterocycles. The van der Waals surface area contributed by atoms with Crippen molar-refractivity contribution in [2.75, 3.05) is 11.0 Å². The maximum Gasteiger partial charge on any atom is 0.251 e. The quantitative estimate of drug-likeness (QED) is 0.893. The van der Waals surface area contributed by atoms with Crippen LogP contribution in [0.15, 0.2) is 24.3 Å². The first-order chi connectivity index (χ1) is 9.90. The van der Waals surface area contributed by atoms with Gasteiger partial charge in [0.2, 0.25) is 10.0 Å². The molecule has 1 aromatic carbocycles. The highest BCUT2D eigenvalue weighted by molar-refractivity contribution is 7.92. The summed E-state index contributed by atoms with van der Waals surface area (Å²) in [6.45, 7) is 0. The SMILES string of the molecule is CS(=O)(=O)Nc1ccc(C(=O)N[C@@H]2C[C@H]3CC[C@@H]2C3)cc1. The van der Waals surface area contributed by atoms with Crippen LogP contribution in [-0.4, -0.2) is 26.6 Å². The van der Waals surface area contributed by atoms with E-state index in [1.807, 2.05) is 0 Å². The number of nitrogens with one attached hydrogen (secondary N) is 2. The van der Waals surface area contributed by atoms with E-state index in [-0.39, 0.29) is 5.91 Å². The van der Waals surface area contributed by atoms with Gasteiger partial charge in [-0.05, 0) is 55.4 Å². The summed E-state index contributed by atoms with van der Waals surface area (Å²) in [5.41, 5.74) is 1.03. The number of hydrogen-bond acceptors (Lipinski definition) is 3. The van der Waals surface area contributed by atoms with Gasteiger partial charge in [-0.2, -0.15) is 0 Å². The lowest BCUT2D eigenvalue weighted by atomic mass is 9.95. The average molecular weight is 308 g/mol. The van der Waals surface area contributed by atoms with E-state index in [9.17, 15) is 13.2 Å². The van der Waals surface area contributed by atoms with Gasteiger partial charge in [0.15, 0.2) is 0 Å². The van der Waals surface area contributed by atoms with Crippen LogP contribution >= 0.6 is 0 Å². The third-order valence-electron chi connectivity index (χ3n) is 4.50. The molecule has 2 fully saturated rings. The molecule has 2 aliphatic carbocycles. The topological polar surface area (TPSA) is 75.3 Å². The van der Waals surface area contributed by atoms with Crippen molar-refractivity contribution in [3.8, 4) is 0 Å². The van der Waals surface area contributed by atoms with Crippen LogP contribution in [0.25, 0.3) is 0 Å². The number of sulfonamides is 1. The molecule has 0 spiro atoms. The molecule has 0 aliphatic heterocycles. The highest BCUT2D eigenvalue weighted by Crippen LogP contribution is 2.44. The summed E-state index contributed by atoms with van der Waals surface area (Å²) in [7, 11) is -3.29. The van der Waals surface area contributed by atoms with Crippen LogP contribution < -0.4 is 10.0 Å². The molecule has 3 rings (SSSR count). The molecule has 1 amide bonds. The van der Waals surface area contributed by atoms with E-state index in [0.717, 1.165) is 18.6 Å². The van der Waals surface area contributed by atoms with Gasteiger partial charge in [-0.1, -0.05) is 6.42 Å². The summed E-state index contributed by atoms with van der Waals surface area (Å²) in [4.78, 5) is 12.2. The molecule has 114 valence electrons. The van der Waals surface area contributed by atoms with E-state index in [0.29, 0.717) is 23.2 Å². The molecule has 2 saturated carbocycles. The molecule has 3 atom stereocenters. The molecular formula is C15H20N2O3S. The zero-order valence-electron chi connectivity index (χ0n) is 12.0. The molecule has 5 nitrogen and oxygen atoms in total. The smallest absolute Gasteiger partial charge is 0.251 e. The van der Waals surface area contributed by atoms with Crippen molar-refractivity contribution < 1.29 is 13.2 Å². The lowest BCUT2D eigenvalue weighted by Gasteiger charge is -2.22. The van der Waals surface area contributed by atoms with Crippen LogP contribution in [0.5, 0.6) is 0 Å². The molecule has 6 heteroatoms. The van der Waals surface area contributed by atoms with Crippen molar-refractivity contribution in [3.05, 3.63) is 29.8 Å². The van der Waals surface area contributed by atoms with Gasteiger partial charge in [-0.3, -0.25) is 9.52 Å². The Kier molecular flexibility index (Phi) is 3.65. The summed E-state index contributed by atoms with van der Waals surface area (Å²) >= 11 is 0. The van der Waals surface area contributed by atoms with Crippen molar-refractivity contribution in [1.29, 1.82) is 0 Å². The Bertz CT molecular complexity index is 639. The summed E-state index contributed by atoms with van der Waals surface area (Å²) in [5.74, 6) is 1.37. The van der Waals surface area contributed by atoms with Crippen molar-refractivity contribution in [2.45, 2.75) is 31.7 Å². The Morgan fingerprint density at radius 1 is 1.14 bits per heavy atom. The Balaban J connectivity index is 1.62. The van der Waals surface area contributed by atoms with Crippen LogP contribution in [-0.2, 0) is 10.0 Å². The fourth-order valence-corrected chi connectivity index (χ4v) is 4.14. The van der Waals surface area contributed by atoms with Gasteiger partial charge in [0, 0.05) is 17.3 Å². The van der Waals surface area contributed by atoms with Gasteiger partial charge in [-0.15, -0.1) is 0 Å². The number of carbonyl (C=O) groups excluding carboxylic acids is 1. The number of anilines is 1. The number of rotatable bonds is 4. The van der Waals surface area contributed by atoms with Crippen LogP contribution in [0.4, 0.5) is 5.69 Å². The van der Waals surface area contributed by atoms with E-state index in [2.05, 4.69) is 10.0 Å². The first kappa shape index (κ1) is 14.4. The van der Waals surface area contributed by atoms with Gasteiger partial charge in [0.1, 0.15) is 0 Å². The minimum atomic E-state index is -3.29. The lowest BCUT2D eigenvalue weighted by Crippen LogP contribution is -2.38. The van der Waals surface area contributed by atoms with Gasteiger partial charge >= 0.3 is 0 Å². The second kappa shape index (κ2) is 5.33. The maximum atomic E-state index is 12.2. The molecule has 21 heavy (non-hydrogen) atoms. The Morgan fingerprint density at radius 3 is 2.38 bits per heavy atom. The van der Waals surface area contributed by atoms with Gasteiger partial charge in [0.25, 0.3) is 5.91 Å². The van der Waals surface area contributed by atoms with Gasteiger partial charge < -0.3 is 5.32 Å². The molecule has 0 radical (unpaired) electrons. The monoisotopic (exact) mass is 308 g/mol. The molecule has 0 unspecified atom stereocenters. The van der Waals surface area contributed by atoms with Crippen molar-refractivity contribution in [3.63, 3.8) is 0 Å². The highest BCUT2D eigenvalue weighted by Gasteiger charge is 2.40. The standard InChI is InChI=1S/C15H20N2O3S/c1-21(19,20)17-13-6-4-11(5-7-13)15(18)16-14-9-10-2-3-12(14)8-10/h4-7,10,12,14,17H,2-3,8-9H2,1H3,(H,16,18)/t10-,12+,14+/m0/s1. The van der Waals surface area contributed by atoms with Gasteiger partial charge in [0.05, 0.1) is 6.26 Å². The molecule has 0 heterocycles. The minimum absolute atomic E-state index is 0.0709. The van der Waals surface area contributed by atoms with E-state index >= 15 is 0 Å². The largest absolute Gasteiger partial charge is 0.349 e. The third kappa shape index (κ3) is 3.37. The number of hydrogen-bond donors (Lipinski definition) is 2. The summed E-state index contributed by atoms with van der Waals surface area (Å²) in [5, 5.41) is 3.12. The van der Waals surface area contributed by atoms with Crippen LogP contribution in [0, 0.1) is 11.8 Å². The third-order valence-corrected chi connectivity index (χ3v) is 5.11. The Morgan fingerprint density at radius 2 is 1.86 bits per heavy atom. The van der Waals surface area contributed by atoms with Crippen LogP contribution in [0.3, 0.4) is 0 Å². The van der Waals surface area contributed by atoms with Gasteiger partial charge in [-0.25, -0.2) is 8.42 Å². The molecular weight excluding hydrogens is 288 g/mol. The normalized spacial score (nSPS) is 27.6. The molecule has 2 N–H and O–H groups in total. The molecule has 2 bridgehead atoms. The number of carbonyl (C=O) groups is 1. The maximum absolute atomic E-state index is 12.2. The van der Waals surface area contributed by atoms with E-state index in [1.165, 1.54) is 19.3 Å². The number of amides is 1. The average Bonchev–Trinajstić information content (AvgIpc) is 3.00. The predicted molar refractivity (Wildman–Crippen MR) is 81.6 cm³/mol. The lowest BCUT2D eigenvalue weighted by molar-refractivity contribution is 0.0923. The second-order valence-corrected chi connectivity index (χ2v) is 7.95. The second-order valence-electron chi connectivity index (χ2n) is 6.21. The van der Waals surface area contributed by atoms with E-state index < -0.39 is 10.0 Å². The van der Waals surface area contributed by atoms with Crippen LogP contribution in [0.2, 0.25) is 0 Å². The fraction of sp³-hybridized carbons (Fsp3) is 0.533. The van der Waals surface area contributed by atoms with Crippen LogP contribution in [0.1, 0.15) is 36.0 Å². The predicted octanol–water partition coefficient (Wildman–Crippen LogP) is 1.98. The molecule has 0 aromatic heterocycles. The summed E-state index contributed by atoms with van der Waals surface area (Å²) in [6.07, 6.45) is 5.99. The Labute approximate surface area is 125 Å². The molecule has 2 aliphatic rings. The molecule has 1 aromatic rings. The summed E-state index contributed by atoms with van der Waals surface area (Å²) in [6, 6.07) is 6.82. The van der Waals surface area contributed by atoms with Crippen molar-refractivity contribution >= 4 is 21.6 Å². The zero-order chi connectivity index (χ0) is 15.0. The number of benzene rings is 1. The van der Waals surface area contributed by atoms with E-state index in [1.54, 1.807) is 24.3 Å². The zero-order valence-corrected chi connectivity index (χ0v) is 12.8. The minimum Gasteiger partial charge on any atom is -0.349 e. The summed E-state index contributed by atoms with van der Waals surface area (Å²) < 4.78 is 24.6. The van der Waals surface area contributed by atoms with Crippen molar-refractivity contribution in [1.82, 2.24) is 5.32 Å². The Hall–Kier alpha value is -1.56. The van der Waals surface area contributed by atoms with E-state index in [4.69, 9.17) is 0 Å². The van der Waals surface area contributed by atoms with Crippen molar-refractivity contribution in [2.24, 2.45) is 11.8 Å². The highest BCUT2D eigenvalue weighted by atomic mass is 32.2.